The third kappa shape index (κ3) is 5.11. The average Bonchev–Trinajstić information content (AvgIpc) is 2.25. The Kier molecular flexibility index (Phi) is 8.28. The lowest BCUT2D eigenvalue weighted by molar-refractivity contribution is -0.117. The van der Waals surface area contributed by atoms with Gasteiger partial charge in [-0.1, -0.05) is 0 Å². The van der Waals surface area contributed by atoms with E-state index in [2.05, 4.69) is 5.32 Å². The number of amides is 1. The largest absolute Gasteiger partial charge is 0.383 e. The maximum Gasteiger partial charge on any atom is 0.263 e. The molecule has 0 aromatic heterocycles. The zero-order valence-electron chi connectivity index (χ0n) is 8.99. The van der Waals surface area contributed by atoms with Crippen LogP contribution in [0.3, 0.4) is 0 Å². The monoisotopic (exact) mass is 246 g/mol. The number of ether oxygens (including phenoxy) is 1. The highest BCUT2D eigenvalue weighted by atomic mass is 32.2. The molecule has 0 aliphatic heterocycles. The smallest absolute Gasteiger partial charge is 0.263 e. The molecule has 0 heterocycles. The molecule has 0 aromatic carbocycles. The molecular formula is C9H14N2O2S2. The van der Waals surface area contributed by atoms with Gasteiger partial charge in [-0.2, -0.15) is 5.26 Å². The van der Waals surface area contributed by atoms with Crippen LogP contribution in [0.15, 0.2) is 9.81 Å². The Hall–Kier alpha value is -0.640. The minimum Gasteiger partial charge on any atom is -0.383 e. The Morgan fingerprint density at radius 3 is 2.47 bits per heavy atom. The number of nitrogens with zero attached hydrogens (tertiary/aromatic N) is 1. The summed E-state index contributed by atoms with van der Waals surface area (Å²) in [5.74, 6) is -0.340. The van der Waals surface area contributed by atoms with Crippen molar-refractivity contribution in [2.45, 2.75) is 0 Å². The summed E-state index contributed by atoms with van der Waals surface area (Å²) in [5.41, 5.74) is 0.172. The molecular weight excluding hydrogens is 232 g/mol. The molecule has 1 N–H and O–H groups in total. The fourth-order valence-corrected chi connectivity index (χ4v) is 2.18. The highest BCUT2D eigenvalue weighted by Gasteiger charge is 2.13. The molecule has 0 aromatic rings. The van der Waals surface area contributed by atoms with E-state index in [1.54, 1.807) is 7.11 Å². The molecule has 0 rings (SSSR count). The summed E-state index contributed by atoms with van der Waals surface area (Å²) < 4.78 is 5.52. The van der Waals surface area contributed by atoms with Crippen molar-refractivity contribution in [1.82, 2.24) is 5.32 Å². The maximum atomic E-state index is 11.5. The zero-order chi connectivity index (χ0) is 11.7. The van der Waals surface area contributed by atoms with Crippen molar-refractivity contribution in [2.75, 3.05) is 32.8 Å². The fourth-order valence-electron chi connectivity index (χ4n) is 0.832. The van der Waals surface area contributed by atoms with Gasteiger partial charge < -0.3 is 10.1 Å². The summed E-state index contributed by atoms with van der Waals surface area (Å²) in [7, 11) is 1.56. The van der Waals surface area contributed by atoms with Crippen molar-refractivity contribution in [3.05, 3.63) is 9.81 Å². The molecule has 0 unspecified atom stereocenters. The quantitative estimate of drug-likeness (QED) is 0.433. The second-order valence-corrected chi connectivity index (χ2v) is 4.32. The van der Waals surface area contributed by atoms with Crippen molar-refractivity contribution in [2.24, 2.45) is 0 Å². The summed E-state index contributed by atoms with van der Waals surface area (Å²) >= 11 is 2.80. The normalized spacial score (nSPS) is 9.20. The van der Waals surface area contributed by atoms with Gasteiger partial charge in [0.05, 0.1) is 10.8 Å². The van der Waals surface area contributed by atoms with Crippen LogP contribution in [0.1, 0.15) is 0 Å². The molecule has 15 heavy (non-hydrogen) atoms. The van der Waals surface area contributed by atoms with Crippen molar-refractivity contribution in [1.29, 1.82) is 5.26 Å². The molecule has 0 bridgehead atoms. The lowest BCUT2D eigenvalue weighted by Gasteiger charge is -2.06. The minimum absolute atomic E-state index is 0.172. The van der Waals surface area contributed by atoms with Crippen molar-refractivity contribution in [3.8, 4) is 6.07 Å². The van der Waals surface area contributed by atoms with Gasteiger partial charge in [0, 0.05) is 13.7 Å². The summed E-state index contributed by atoms with van der Waals surface area (Å²) in [6.45, 7) is 0.856. The number of nitriles is 1. The van der Waals surface area contributed by atoms with Crippen molar-refractivity contribution < 1.29 is 9.53 Å². The molecule has 84 valence electrons. The van der Waals surface area contributed by atoms with Gasteiger partial charge in [-0.25, -0.2) is 0 Å². The summed E-state index contributed by atoms with van der Waals surface area (Å²) in [4.78, 5) is 11.5. The first kappa shape index (κ1) is 14.4. The molecule has 0 radical (unpaired) electrons. The predicted octanol–water partition coefficient (Wildman–Crippen LogP) is 1.21. The van der Waals surface area contributed by atoms with Crippen molar-refractivity contribution >= 4 is 29.4 Å². The Labute approximate surface area is 98.4 Å². The van der Waals surface area contributed by atoms with Gasteiger partial charge >= 0.3 is 0 Å². The van der Waals surface area contributed by atoms with Gasteiger partial charge in [0.2, 0.25) is 0 Å². The van der Waals surface area contributed by atoms with Crippen LogP contribution in [0.2, 0.25) is 0 Å². The van der Waals surface area contributed by atoms with E-state index >= 15 is 0 Å². The standard InChI is InChI=1S/C9H14N2O2S2/c1-13-5-4-11-8(12)7(6-10)9(14-2)15-3/h4-5H2,1-3H3,(H,11,12). The van der Waals surface area contributed by atoms with Gasteiger partial charge in [0.1, 0.15) is 11.6 Å². The maximum absolute atomic E-state index is 11.5. The highest BCUT2D eigenvalue weighted by Crippen LogP contribution is 2.27. The van der Waals surface area contributed by atoms with Crippen LogP contribution in [0, 0.1) is 11.3 Å². The highest BCUT2D eigenvalue weighted by molar-refractivity contribution is 8.21. The molecule has 0 saturated heterocycles. The average molecular weight is 246 g/mol. The Balaban J connectivity index is 4.48. The third-order valence-electron chi connectivity index (χ3n) is 1.51. The number of nitrogens with one attached hydrogen (secondary N) is 1. The Morgan fingerprint density at radius 2 is 2.07 bits per heavy atom. The van der Waals surface area contributed by atoms with E-state index < -0.39 is 0 Å². The van der Waals surface area contributed by atoms with Crippen LogP contribution >= 0.6 is 23.5 Å². The second kappa shape index (κ2) is 8.65. The number of hydrogen-bond acceptors (Lipinski definition) is 5. The number of rotatable bonds is 6. The van der Waals surface area contributed by atoms with E-state index in [1.165, 1.54) is 23.5 Å². The first-order valence-electron chi connectivity index (χ1n) is 4.20. The number of carbonyl (C=O) groups is 1. The van der Waals surface area contributed by atoms with E-state index in [9.17, 15) is 4.79 Å². The van der Waals surface area contributed by atoms with Crippen LogP contribution in [0.25, 0.3) is 0 Å². The van der Waals surface area contributed by atoms with Crippen LogP contribution < -0.4 is 5.32 Å². The van der Waals surface area contributed by atoms with Gasteiger partial charge in [0.15, 0.2) is 0 Å². The van der Waals surface area contributed by atoms with E-state index in [-0.39, 0.29) is 11.5 Å². The molecule has 0 fully saturated rings. The van der Waals surface area contributed by atoms with Crippen LogP contribution in [0.5, 0.6) is 0 Å². The van der Waals surface area contributed by atoms with E-state index in [4.69, 9.17) is 10.00 Å². The number of methoxy groups -OCH3 is 1. The summed E-state index contributed by atoms with van der Waals surface area (Å²) in [5, 5.41) is 11.5. The molecule has 4 nitrogen and oxygen atoms in total. The second-order valence-electron chi connectivity index (χ2n) is 2.43. The molecule has 0 aliphatic rings. The number of thioether (sulfide) groups is 2. The zero-order valence-corrected chi connectivity index (χ0v) is 10.6. The van der Waals surface area contributed by atoms with Crippen LogP contribution in [-0.4, -0.2) is 38.7 Å². The van der Waals surface area contributed by atoms with E-state index in [1.807, 2.05) is 18.6 Å². The predicted molar refractivity (Wildman–Crippen MR) is 64.6 cm³/mol. The third-order valence-corrected chi connectivity index (χ3v) is 3.66. The Morgan fingerprint density at radius 1 is 1.47 bits per heavy atom. The van der Waals surface area contributed by atoms with Crippen LogP contribution in [-0.2, 0) is 9.53 Å². The van der Waals surface area contributed by atoms with Crippen molar-refractivity contribution in [3.63, 3.8) is 0 Å². The first-order chi connectivity index (χ1) is 7.21. The van der Waals surface area contributed by atoms with E-state index in [0.29, 0.717) is 13.2 Å². The van der Waals surface area contributed by atoms with Gasteiger partial charge in [-0.15, -0.1) is 23.5 Å². The summed E-state index contributed by atoms with van der Waals surface area (Å²) in [6, 6.07) is 1.92. The topological polar surface area (TPSA) is 62.1 Å². The van der Waals surface area contributed by atoms with Crippen LogP contribution in [0.4, 0.5) is 0 Å². The molecule has 0 saturated carbocycles. The molecule has 0 aliphatic carbocycles. The lowest BCUT2D eigenvalue weighted by Crippen LogP contribution is -2.28. The Bertz CT molecular complexity index is 278. The van der Waals surface area contributed by atoms with Gasteiger partial charge in [0.25, 0.3) is 5.91 Å². The SMILES string of the molecule is COCCNC(=O)C(C#N)=C(SC)SC. The molecule has 1 amide bonds. The molecule has 0 atom stereocenters. The van der Waals surface area contributed by atoms with Gasteiger partial charge in [-0.05, 0) is 12.5 Å². The number of hydrogen-bond donors (Lipinski definition) is 1. The first-order valence-corrected chi connectivity index (χ1v) is 6.65. The van der Waals surface area contributed by atoms with Gasteiger partial charge in [-0.3, -0.25) is 4.79 Å². The fraction of sp³-hybridized carbons (Fsp3) is 0.556. The molecule has 0 spiro atoms. The van der Waals surface area contributed by atoms with E-state index in [0.717, 1.165) is 4.24 Å². The summed E-state index contributed by atoms with van der Waals surface area (Å²) in [6.07, 6.45) is 3.68. The minimum atomic E-state index is -0.340. The lowest BCUT2D eigenvalue weighted by atomic mass is 10.3. The molecule has 6 heteroatoms. The number of carbonyl (C=O) groups excluding carboxylic acids is 1.